The molecule has 0 bridgehead atoms. The maximum Gasteiger partial charge on any atom is 0.416 e. The molecule has 0 saturated carbocycles. The highest BCUT2D eigenvalue weighted by molar-refractivity contribution is 7.89. The second-order valence-corrected chi connectivity index (χ2v) is 7.99. The summed E-state index contributed by atoms with van der Waals surface area (Å²) in [6.45, 7) is 1.76. The zero-order valence-electron chi connectivity index (χ0n) is 14.6. The van der Waals surface area contributed by atoms with E-state index < -0.39 is 39.1 Å². The van der Waals surface area contributed by atoms with Crippen LogP contribution in [0.4, 0.5) is 26.3 Å². The van der Waals surface area contributed by atoms with Gasteiger partial charge in [-0.1, -0.05) is 17.7 Å². The summed E-state index contributed by atoms with van der Waals surface area (Å²) in [6, 6.07) is 6.85. The highest BCUT2D eigenvalue weighted by Gasteiger charge is 2.36. The number of sulfonamides is 1. The van der Waals surface area contributed by atoms with Crippen LogP contribution in [0.2, 0.25) is 0 Å². The van der Waals surface area contributed by atoms with Gasteiger partial charge in [0.25, 0.3) is 10.0 Å². The topological polar surface area (TPSA) is 37.4 Å². The van der Waals surface area contributed by atoms with Crippen LogP contribution in [0.1, 0.15) is 22.3 Å². The number of aryl methyl sites for hydroxylation is 1. The van der Waals surface area contributed by atoms with Crippen LogP contribution in [0.25, 0.3) is 6.08 Å². The molecular weight excluding hydrogens is 408 g/mol. The molecule has 0 spiro atoms. The summed E-state index contributed by atoms with van der Waals surface area (Å²) in [5, 5.41) is 0. The van der Waals surface area contributed by atoms with E-state index in [1.807, 2.05) is 0 Å². The van der Waals surface area contributed by atoms with Gasteiger partial charge in [-0.05, 0) is 48.9 Å². The molecule has 0 saturated heterocycles. The summed E-state index contributed by atoms with van der Waals surface area (Å²) in [6.07, 6.45) is -8.20. The van der Waals surface area contributed by atoms with E-state index in [4.69, 9.17) is 0 Å². The van der Waals surface area contributed by atoms with E-state index in [2.05, 4.69) is 0 Å². The molecule has 28 heavy (non-hydrogen) atoms. The number of rotatable bonds is 4. The molecule has 0 fully saturated rings. The van der Waals surface area contributed by atoms with E-state index in [9.17, 15) is 34.8 Å². The average Bonchev–Trinajstić information content (AvgIpc) is 2.58. The molecule has 0 amide bonds. The molecule has 2 aromatic carbocycles. The smallest absolute Gasteiger partial charge is 0.276 e. The first kappa shape index (κ1) is 21.8. The third-order valence-corrected chi connectivity index (χ3v) is 5.53. The minimum atomic E-state index is -4.98. The van der Waals surface area contributed by atoms with Gasteiger partial charge in [-0.25, -0.2) is 8.42 Å². The van der Waals surface area contributed by atoms with Gasteiger partial charge in [0.05, 0.1) is 16.0 Å². The van der Waals surface area contributed by atoms with Crippen LogP contribution in [0, 0.1) is 6.92 Å². The summed E-state index contributed by atoms with van der Waals surface area (Å²) in [5.41, 5.74) is -2.58. The monoisotopic (exact) mass is 423 g/mol. The Morgan fingerprint density at radius 2 is 1.32 bits per heavy atom. The normalized spacial score (nSPS) is 13.1. The van der Waals surface area contributed by atoms with Crippen molar-refractivity contribution in [3.63, 3.8) is 0 Å². The zero-order chi connectivity index (χ0) is 21.3. The Labute approximate surface area is 158 Å². The van der Waals surface area contributed by atoms with Gasteiger partial charge in [0.15, 0.2) is 0 Å². The highest BCUT2D eigenvalue weighted by Crippen LogP contribution is 2.36. The number of benzene rings is 2. The number of hydrogen-bond acceptors (Lipinski definition) is 2. The van der Waals surface area contributed by atoms with Crippen molar-refractivity contribution in [2.45, 2.75) is 24.2 Å². The predicted octanol–water partition coefficient (Wildman–Crippen LogP) is 5.32. The van der Waals surface area contributed by atoms with E-state index in [0.29, 0.717) is 16.4 Å². The van der Waals surface area contributed by atoms with Crippen LogP contribution < -0.4 is 0 Å². The van der Waals surface area contributed by atoms with E-state index in [1.54, 1.807) is 19.1 Å². The average molecular weight is 423 g/mol. The molecule has 0 N–H and O–H groups in total. The molecule has 0 atom stereocenters. The zero-order valence-corrected chi connectivity index (χ0v) is 15.5. The Bertz CT molecular complexity index is 944. The van der Waals surface area contributed by atoms with Crippen molar-refractivity contribution < 1.29 is 34.8 Å². The summed E-state index contributed by atoms with van der Waals surface area (Å²) >= 11 is 0. The van der Waals surface area contributed by atoms with Gasteiger partial charge < -0.3 is 0 Å². The Balaban J connectivity index is 2.40. The Hall–Kier alpha value is -2.49. The molecule has 152 valence electrons. The third kappa shape index (κ3) is 5.06. The lowest BCUT2D eigenvalue weighted by Crippen LogP contribution is -2.21. The van der Waals surface area contributed by atoms with Crippen LogP contribution in [0.15, 0.2) is 53.6 Å². The fourth-order valence-electron chi connectivity index (χ4n) is 2.22. The summed E-state index contributed by atoms with van der Waals surface area (Å²) < 4.78 is 103. The molecule has 0 aliphatic rings. The van der Waals surface area contributed by atoms with E-state index in [-0.39, 0.29) is 11.0 Å². The molecule has 3 nitrogen and oxygen atoms in total. The van der Waals surface area contributed by atoms with Gasteiger partial charge in [-0.15, -0.1) is 0 Å². The quantitative estimate of drug-likeness (QED) is 0.624. The highest BCUT2D eigenvalue weighted by atomic mass is 32.2. The molecule has 0 aliphatic carbocycles. The second-order valence-electron chi connectivity index (χ2n) is 5.99. The minimum absolute atomic E-state index is 0.00407. The van der Waals surface area contributed by atoms with Gasteiger partial charge in [0.2, 0.25) is 0 Å². The van der Waals surface area contributed by atoms with Crippen molar-refractivity contribution in [3.05, 3.63) is 70.9 Å². The summed E-state index contributed by atoms with van der Waals surface area (Å²) in [5.74, 6) is 0. The summed E-state index contributed by atoms with van der Waals surface area (Å²) in [4.78, 5) is -0.0646. The van der Waals surface area contributed by atoms with Gasteiger partial charge in [-0.3, -0.25) is 4.31 Å². The molecular formula is C18H15F6NO2S. The first-order valence-corrected chi connectivity index (χ1v) is 9.17. The van der Waals surface area contributed by atoms with Crippen LogP contribution in [0.5, 0.6) is 0 Å². The van der Waals surface area contributed by atoms with Crippen molar-refractivity contribution in [1.82, 2.24) is 4.31 Å². The van der Waals surface area contributed by atoms with Gasteiger partial charge in [0.1, 0.15) is 0 Å². The molecule has 0 radical (unpaired) electrons. The Kier molecular flexibility index (Phi) is 5.84. The Morgan fingerprint density at radius 1 is 0.857 bits per heavy atom. The van der Waals surface area contributed by atoms with Gasteiger partial charge in [0, 0.05) is 13.2 Å². The molecule has 0 heterocycles. The van der Waals surface area contributed by atoms with Crippen molar-refractivity contribution in [2.24, 2.45) is 0 Å². The number of halogens is 6. The standard InChI is InChI=1S/C18H15F6NO2S/c1-12-3-5-16(6-4-12)28(26,27)25(2)8-7-13-9-14(17(19,20)21)11-15(10-13)18(22,23)24/h3-11H,1-2H3/b8-7-. The van der Waals surface area contributed by atoms with Crippen LogP contribution in [-0.2, 0) is 22.4 Å². The van der Waals surface area contributed by atoms with Crippen molar-refractivity contribution in [2.75, 3.05) is 7.05 Å². The molecule has 2 rings (SSSR count). The van der Waals surface area contributed by atoms with Gasteiger partial charge in [-0.2, -0.15) is 26.3 Å². The molecule has 0 unspecified atom stereocenters. The largest absolute Gasteiger partial charge is 0.416 e. The van der Waals surface area contributed by atoms with Crippen LogP contribution >= 0.6 is 0 Å². The van der Waals surface area contributed by atoms with E-state index >= 15 is 0 Å². The Morgan fingerprint density at radius 3 is 1.75 bits per heavy atom. The number of alkyl halides is 6. The van der Waals surface area contributed by atoms with Crippen molar-refractivity contribution in [3.8, 4) is 0 Å². The fraction of sp³-hybridized carbons (Fsp3) is 0.222. The second kappa shape index (κ2) is 7.50. The lowest BCUT2D eigenvalue weighted by molar-refractivity contribution is -0.143. The number of hydrogen-bond donors (Lipinski definition) is 0. The lowest BCUT2D eigenvalue weighted by atomic mass is 10.0. The van der Waals surface area contributed by atoms with E-state index in [1.165, 1.54) is 12.1 Å². The fourth-order valence-corrected chi connectivity index (χ4v) is 3.26. The first-order valence-electron chi connectivity index (χ1n) is 7.73. The molecule has 0 aliphatic heterocycles. The number of nitrogens with zero attached hydrogens (tertiary/aromatic N) is 1. The maximum atomic E-state index is 12.9. The SMILES string of the molecule is Cc1ccc(S(=O)(=O)N(C)/C=C\c2cc(C(F)(F)F)cc(C(F)(F)F)c2)cc1. The minimum Gasteiger partial charge on any atom is -0.276 e. The van der Waals surface area contributed by atoms with Crippen LogP contribution in [-0.4, -0.2) is 19.8 Å². The third-order valence-electron chi connectivity index (χ3n) is 3.78. The first-order chi connectivity index (χ1) is 12.7. The molecule has 10 heteroatoms. The van der Waals surface area contributed by atoms with Gasteiger partial charge >= 0.3 is 12.4 Å². The van der Waals surface area contributed by atoms with Crippen molar-refractivity contribution >= 4 is 16.1 Å². The predicted molar refractivity (Wildman–Crippen MR) is 91.6 cm³/mol. The van der Waals surface area contributed by atoms with Crippen LogP contribution in [0.3, 0.4) is 0 Å². The molecule has 2 aromatic rings. The maximum absolute atomic E-state index is 12.9. The summed E-state index contributed by atoms with van der Waals surface area (Å²) in [7, 11) is -2.87. The van der Waals surface area contributed by atoms with Crippen molar-refractivity contribution in [1.29, 1.82) is 0 Å². The molecule has 0 aromatic heterocycles. The lowest BCUT2D eigenvalue weighted by Gasteiger charge is -2.16. The van der Waals surface area contributed by atoms with E-state index in [0.717, 1.165) is 24.9 Å².